The molecule has 0 spiro atoms. The average Bonchev–Trinajstić information content (AvgIpc) is 2.91. The van der Waals surface area contributed by atoms with Crippen LogP contribution < -0.4 is 10.1 Å². The van der Waals surface area contributed by atoms with Crippen molar-refractivity contribution in [1.82, 2.24) is 5.32 Å². The minimum atomic E-state index is -1.50. The molecule has 0 bridgehead atoms. The van der Waals surface area contributed by atoms with Crippen LogP contribution in [0.5, 0.6) is 5.75 Å². The van der Waals surface area contributed by atoms with Crippen molar-refractivity contribution in [2.75, 3.05) is 0 Å². The molecule has 1 aromatic carbocycles. The fraction of sp³-hybridized carbons (Fsp3) is 0.444. The van der Waals surface area contributed by atoms with E-state index in [-0.39, 0.29) is 12.2 Å². The molecule has 2 aliphatic rings. The standard InChI is InChI=1S/C18H19ClFNO4S/c1-9(22)10-4-5-12-11(8-10)14(15(23)17(2,3)25-12)21-16(24)18(19)7-6-13(20)26-18/h4-6,8,14-15,23H,7H2,1-3H3,(H,21,24)/t14-,15-,18?/m0/s1. The number of thioether (sulfide) groups is 1. The number of ether oxygens (including phenoxy) is 1. The van der Waals surface area contributed by atoms with Gasteiger partial charge in [-0.25, -0.2) is 0 Å². The molecule has 2 N–H and O–H groups in total. The van der Waals surface area contributed by atoms with Crippen LogP contribution in [0.4, 0.5) is 4.39 Å². The third kappa shape index (κ3) is 3.35. The highest BCUT2D eigenvalue weighted by Gasteiger charge is 2.47. The van der Waals surface area contributed by atoms with Crippen LogP contribution in [0, 0.1) is 0 Å². The van der Waals surface area contributed by atoms with Crippen LogP contribution in [-0.2, 0) is 4.79 Å². The number of fused-ring (bicyclic) bond motifs is 1. The van der Waals surface area contributed by atoms with Gasteiger partial charge in [0.25, 0.3) is 5.91 Å². The van der Waals surface area contributed by atoms with Gasteiger partial charge in [0.1, 0.15) is 17.5 Å². The number of alkyl halides is 1. The maximum Gasteiger partial charge on any atom is 0.252 e. The Kier molecular flexibility index (Phi) is 4.83. The number of aliphatic hydroxyl groups excluding tert-OH is 1. The first kappa shape index (κ1) is 19.2. The van der Waals surface area contributed by atoms with Gasteiger partial charge in [0, 0.05) is 17.5 Å². The van der Waals surface area contributed by atoms with Gasteiger partial charge in [0.05, 0.1) is 6.04 Å². The summed E-state index contributed by atoms with van der Waals surface area (Å²) in [6.07, 6.45) is 0.203. The Bertz CT molecular complexity index is 812. The van der Waals surface area contributed by atoms with Crippen LogP contribution in [0.3, 0.4) is 0 Å². The number of ketones is 1. The summed E-state index contributed by atoms with van der Waals surface area (Å²) in [5.74, 6) is -0.291. The summed E-state index contributed by atoms with van der Waals surface area (Å²) < 4.78 is 17.7. The summed E-state index contributed by atoms with van der Waals surface area (Å²) in [5, 5.41) is 12.9. The van der Waals surface area contributed by atoms with Crippen molar-refractivity contribution in [3.05, 3.63) is 40.6 Å². The van der Waals surface area contributed by atoms with E-state index in [0.717, 1.165) is 0 Å². The van der Waals surface area contributed by atoms with Gasteiger partial charge >= 0.3 is 0 Å². The lowest BCUT2D eigenvalue weighted by atomic mass is 9.85. The Labute approximate surface area is 159 Å². The average molecular weight is 400 g/mol. The van der Waals surface area contributed by atoms with E-state index in [1.807, 2.05) is 0 Å². The molecular formula is C18H19ClFNO4S. The summed E-state index contributed by atoms with van der Waals surface area (Å²) in [7, 11) is 0. The van der Waals surface area contributed by atoms with Gasteiger partial charge in [-0.15, -0.1) is 0 Å². The maximum absolute atomic E-state index is 13.4. The molecule has 0 saturated carbocycles. The molecule has 140 valence electrons. The first-order chi connectivity index (χ1) is 12.0. The van der Waals surface area contributed by atoms with Gasteiger partial charge < -0.3 is 15.2 Å². The number of carbonyl (C=O) groups excluding carboxylic acids is 2. The fourth-order valence-electron chi connectivity index (χ4n) is 3.01. The number of halogens is 2. The molecule has 2 aliphatic heterocycles. The van der Waals surface area contributed by atoms with Crippen molar-refractivity contribution in [1.29, 1.82) is 0 Å². The normalized spacial score (nSPS) is 29.4. The highest BCUT2D eigenvalue weighted by Crippen LogP contribution is 2.47. The lowest BCUT2D eigenvalue weighted by Crippen LogP contribution is -2.55. The Balaban J connectivity index is 1.96. The molecule has 1 amide bonds. The number of amides is 1. The molecule has 0 aromatic heterocycles. The van der Waals surface area contributed by atoms with E-state index in [1.54, 1.807) is 32.0 Å². The first-order valence-corrected chi connectivity index (χ1v) is 9.29. The lowest BCUT2D eigenvalue weighted by molar-refractivity contribution is -0.126. The van der Waals surface area contributed by atoms with Crippen molar-refractivity contribution < 1.29 is 23.8 Å². The van der Waals surface area contributed by atoms with E-state index in [2.05, 4.69) is 5.32 Å². The topological polar surface area (TPSA) is 75.6 Å². The second-order valence-electron chi connectivity index (χ2n) is 6.95. The Morgan fingerprint density at radius 2 is 2.12 bits per heavy atom. The number of carbonyl (C=O) groups is 2. The van der Waals surface area contributed by atoms with Crippen molar-refractivity contribution in [3.8, 4) is 5.75 Å². The SMILES string of the molecule is CC(=O)c1ccc2c(c1)[C@H](NC(=O)C1(Cl)CC=C(F)S1)[C@H](O)C(C)(C)O2. The largest absolute Gasteiger partial charge is 0.485 e. The highest BCUT2D eigenvalue weighted by atomic mass is 35.5. The number of nitrogens with one attached hydrogen (secondary N) is 1. The van der Waals surface area contributed by atoms with Crippen molar-refractivity contribution >= 4 is 35.1 Å². The number of allylic oxidation sites excluding steroid dienone is 1. The van der Waals surface area contributed by atoms with Crippen LogP contribution in [0.2, 0.25) is 0 Å². The lowest BCUT2D eigenvalue weighted by Gasteiger charge is -2.43. The Morgan fingerprint density at radius 1 is 1.42 bits per heavy atom. The summed E-state index contributed by atoms with van der Waals surface area (Å²) in [6.45, 7) is 4.82. The Morgan fingerprint density at radius 3 is 2.69 bits per heavy atom. The first-order valence-electron chi connectivity index (χ1n) is 8.10. The van der Waals surface area contributed by atoms with Gasteiger partial charge in [-0.2, -0.15) is 4.39 Å². The summed E-state index contributed by atoms with van der Waals surface area (Å²) in [4.78, 5) is 24.4. The van der Waals surface area contributed by atoms with Gasteiger partial charge in [-0.05, 0) is 45.0 Å². The number of hydrogen-bond acceptors (Lipinski definition) is 5. The number of Topliss-reactive ketones (excluding diaryl/α,β-unsaturated/α-hetero) is 1. The highest BCUT2D eigenvalue weighted by molar-refractivity contribution is 8.06. The summed E-state index contributed by atoms with van der Waals surface area (Å²) >= 11 is 6.89. The molecule has 0 fully saturated rings. The van der Waals surface area contributed by atoms with Crippen LogP contribution in [0.1, 0.15) is 49.2 Å². The molecule has 1 aromatic rings. The zero-order valence-corrected chi connectivity index (χ0v) is 16.1. The van der Waals surface area contributed by atoms with Gasteiger partial charge in [0.15, 0.2) is 15.1 Å². The molecule has 2 heterocycles. The summed E-state index contributed by atoms with van der Waals surface area (Å²) in [6, 6.07) is 4.01. The smallest absolute Gasteiger partial charge is 0.252 e. The van der Waals surface area contributed by atoms with Crippen LogP contribution in [-0.4, -0.2) is 32.7 Å². The maximum atomic E-state index is 13.4. The van der Waals surface area contributed by atoms with Gasteiger partial charge in [-0.1, -0.05) is 23.4 Å². The second-order valence-corrected chi connectivity index (χ2v) is 9.11. The van der Waals surface area contributed by atoms with Gasteiger partial charge in [0.2, 0.25) is 0 Å². The van der Waals surface area contributed by atoms with Gasteiger partial charge in [-0.3, -0.25) is 9.59 Å². The van der Waals surface area contributed by atoms with E-state index in [0.29, 0.717) is 28.6 Å². The van der Waals surface area contributed by atoms with Crippen LogP contribution >= 0.6 is 23.4 Å². The molecule has 1 unspecified atom stereocenters. The van der Waals surface area contributed by atoms with Crippen LogP contribution in [0.25, 0.3) is 0 Å². The molecule has 0 saturated heterocycles. The molecule has 8 heteroatoms. The molecule has 3 rings (SSSR count). The number of hydrogen-bond donors (Lipinski definition) is 2. The number of benzene rings is 1. The quantitative estimate of drug-likeness (QED) is 0.601. The molecule has 3 atom stereocenters. The minimum absolute atomic E-state index is 0.0416. The van der Waals surface area contributed by atoms with E-state index in [1.165, 1.54) is 13.0 Å². The number of rotatable bonds is 3. The third-order valence-corrected chi connectivity index (χ3v) is 6.16. The molecule has 5 nitrogen and oxygen atoms in total. The predicted molar refractivity (Wildman–Crippen MR) is 98.0 cm³/mol. The van der Waals surface area contributed by atoms with E-state index >= 15 is 0 Å². The molecule has 0 aliphatic carbocycles. The Hall–Kier alpha value is -1.57. The monoisotopic (exact) mass is 399 g/mol. The molecular weight excluding hydrogens is 381 g/mol. The van der Waals surface area contributed by atoms with E-state index < -0.39 is 33.0 Å². The van der Waals surface area contributed by atoms with E-state index in [9.17, 15) is 19.1 Å². The number of aliphatic hydroxyl groups is 1. The van der Waals surface area contributed by atoms with Crippen LogP contribution in [0.15, 0.2) is 29.4 Å². The predicted octanol–water partition coefficient (Wildman–Crippen LogP) is 3.46. The minimum Gasteiger partial charge on any atom is -0.485 e. The van der Waals surface area contributed by atoms with Crippen molar-refractivity contribution in [2.24, 2.45) is 0 Å². The zero-order valence-electron chi connectivity index (χ0n) is 14.5. The molecule has 26 heavy (non-hydrogen) atoms. The molecule has 0 radical (unpaired) electrons. The fourth-order valence-corrected chi connectivity index (χ4v) is 4.16. The van der Waals surface area contributed by atoms with E-state index in [4.69, 9.17) is 16.3 Å². The summed E-state index contributed by atoms with van der Waals surface area (Å²) in [5.41, 5.74) is -0.0642. The third-order valence-electron chi connectivity index (χ3n) is 4.56. The zero-order chi connectivity index (χ0) is 19.3. The second kappa shape index (κ2) is 6.55. The van der Waals surface area contributed by atoms with Crippen molar-refractivity contribution in [2.45, 2.75) is 49.1 Å². The van der Waals surface area contributed by atoms with Crippen molar-refractivity contribution in [3.63, 3.8) is 0 Å².